The number of piperazine rings is 1. The number of H-pyrrole nitrogens is 1. The Hall–Kier alpha value is -2.65. The normalized spacial score (nSPS) is 14.6. The zero-order valence-corrected chi connectivity index (χ0v) is 16.7. The largest absolute Gasteiger partial charge is 0.368 e. The predicted octanol–water partition coefficient (Wildman–Crippen LogP) is 1.78. The van der Waals surface area contributed by atoms with E-state index in [4.69, 9.17) is 11.6 Å². The number of carbonyl (C=O) groups excluding carboxylic acids is 1. The number of aromatic amines is 1. The Balaban J connectivity index is 1.56. The quantitative estimate of drug-likeness (QED) is 0.698. The zero-order chi connectivity index (χ0) is 19.8. The summed E-state index contributed by atoms with van der Waals surface area (Å²) in [5.74, 6) is -0.220. The van der Waals surface area contributed by atoms with Crippen LogP contribution < -0.4 is 16.1 Å². The average Bonchev–Trinajstić information content (AvgIpc) is 3.12. The number of benzene rings is 1. The molecule has 2 aromatic heterocycles. The van der Waals surface area contributed by atoms with E-state index >= 15 is 0 Å². The number of hydrogen-bond acceptors (Lipinski definition) is 6. The third-order valence-electron chi connectivity index (χ3n) is 4.87. The number of hydrogen-bond donors (Lipinski definition) is 1. The van der Waals surface area contributed by atoms with Crippen LogP contribution in [-0.2, 0) is 6.54 Å². The molecule has 1 amide bonds. The minimum absolute atomic E-state index is 0.132. The van der Waals surface area contributed by atoms with Crippen molar-refractivity contribution in [2.45, 2.75) is 13.5 Å². The van der Waals surface area contributed by atoms with Gasteiger partial charge in [-0.2, -0.15) is 4.37 Å². The number of fused-ring (bicyclic) bond motifs is 1. The van der Waals surface area contributed by atoms with Crippen molar-refractivity contribution in [2.75, 3.05) is 31.1 Å². The van der Waals surface area contributed by atoms with E-state index in [9.17, 15) is 14.4 Å². The minimum atomic E-state index is -0.528. The van der Waals surface area contributed by atoms with E-state index in [1.54, 1.807) is 11.8 Å². The molecule has 8 nitrogen and oxygen atoms in total. The average molecular weight is 420 g/mol. The lowest BCUT2D eigenvalue weighted by molar-refractivity contribution is 0.0753. The van der Waals surface area contributed by atoms with Crippen molar-refractivity contribution in [3.05, 3.63) is 55.0 Å². The first-order valence-corrected chi connectivity index (χ1v) is 10.1. The van der Waals surface area contributed by atoms with E-state index in [1.165, 1.54) is 0 Å². The first-order chi connectivity index (χ1) is 13.5. The van der Waals surface area contributed by atoms with Gasteiger partial charge in [0.25, 0.3) is 11.5 Å². The van der Waals surface area contributed by atoms with Gasteiger partial charge in [0.15, 0.2) is 5.52 Å². The highest BCUT2D eigenvalue weighted by atomic mass is 35.5. The number of rotatable bonds is 3. The van der Waals surface area contributed by atoms with Crippen LogP contribution in [-0.4, -0.2) is 50.9 Å². The molecular weight excluding hydrogens is 402 g/mol. The number of carbonyl (C=O) groups is 1. The number of aromatic nitrogens is 3. The standard InChI is InChI=1S/C18H18ClN5O3S/c1-2-24-16(25)14-13(20-18(24)27)15(28-21-14)17(26)23-8-6-22(7-9-23)12-5-3-4-11(19)10-12/h3-5,10H,2,6-9H2,1H3,(H,20,27). The van der Waals surface area contributed by atoms with Crippen LogP contribution in [0, 0.1) is 0 Å². The highest BCUT2D eigenvalue weighted by Gasteiger charge is 2.27. The molecule has 28 heavy (non-hydrogen) atoms. The van der Waals surface area contributed by atoms with Gasteiger partial charge >= 0.3 is 5.69 Å². The van der Waals surface area contributed by atoms with Crippen molar-refractivity contribution in [3.63, 3.8) is 0 Å². The summed E-state index contributed by atoms with van der Waals surface area (Å²) in [6.45, 7) is 4.35. The van der Waals surface area contributed by atoms with Crippen LogP contribution in [0.2, 0.25) is 5.02 Å². The van der Waals surface area contributed by atoms with Crippen molar-refractivity contribution in [3.8, 4) is 0 Å². The summed E-state index contributed by atoms with van der Waals surface area (Å²) in [7, 11) is 0. The van der Waals surface area contributed by atoms with Gasteiger partial charge in [-0.25, -0.2) is 4.79 Å². The highest BCUT2D eigenvalue weighted by molar-refractivity contribution is 7.09. The van der Waals surface area contributed by atoms with Crippen molar-refractivity contribution in [1.29, 1.82) is 0 Å². The molecular formula is C18H18ClN5O3S. The number of anilines is 1. The second-order valence-electron chi connectivity index (χ2n) is 6.47. The Morgan fingerprint density at radius 2 is 2.00 bits per heavy atom. The fraction of sp³-hybridized carbons (Fsp3) is 0.333. The maximum Gasteiger partial charge on any atom is 0.328 e. The first-order valence-electron chi connectivity index (χ1n) is 8.92. The number of nitrogens with one attached hydrogen (secondary N) is 1. The van der Waals surface area contributed by atoms with Crippen LogP contribution in [0.4, 0.5) is 5.69 Å². The van der Waals surface area contributed by atoms with Crippen molar-refractivity contribution >= 4 is 45.8 Å². The number of amides is 1. The summed E-state index contributed by atoms with van der Waals surface area (Å²) >= 11 is 7.01. The molecule has 146 valence electrons. The Morgan fingerprint density at radius 3 is 2.68 bits per heavy atom. The number of nitrogens with zero attached hydrogens (tertiary/aromatic N) is 4. The molecule has 3 heterocycles. The summed E-state index contributed by atoms with van der Waals surface area (Å²) in [6.07, 6.45) is 0. The molecule has 3 aromatic rings. The molecule has 1 saturated heterocycles. The molecule has 10 heteroatoms. The topological polar surface area (TPSA) is 91.3 Å². The summed E-state index contributed by atoms with van der Waals surface area (Å²) in [6, 6.07) is 7.62. The van der Waals surface area contributed by atoms with Crippen molar-refractivity contribution in [1.82, 2.24) is 18.8 Å². The van der Waals surface area contributed by atoms with Crippen LogP contribution >= 0.6 is 23.1 Å². The van der Waals surface area contributed by atoms with Crippen molar-refractivity contribution in [2.24, 2.45) is 0 Å². The summed E-state index contributed by atoms with van der Waals surface area (Å²) in [4.78, 5) is 44.3. The highest BCUT2D eigenvalue weighted by Crippen LogP contribution is 2.23. The molecule has 0 radical (unpaired) electrons. The van der Waals surface area contributed by atoms with Gasteiger partial charge in [-0.15, -0.1) is 0 Å². The molecule has 0 atom stereocenters. The van der Waals surface area contributed by atoms with Gasteiger partial charge < -0.3 is 14.8 Å². The molecule has 1 fully saturated rings. The number of halogens is 1. The molecule has 4 rings (SSSR count). The maximum absolute atomic E-state index is 13.0. The molecule has 1 aliphatic rings. The van der Waals surface area contributed by atoms with Gasteiger partial charge in [-0.05, 0) is 36.7 Å². The molecule has 1 aliphatic heterocycles. The third-order valence-corrected chi connectivity index (χ3v) is 5.94. The van der Waals surface area contributed by atoms with Gasteiger partial charge in [0.1, 0.15) is 4.88 Å². The van der Waals surface area contributed by atoms with Gasteiger partial charge in [-0.3, -0.25) is 14.2 Å². The molecule has 0 bridgehead atoms. The third kappa shape index (κ3) is 3.20. The smallest absolute Gasteiger partial charge is 0.328 e. The van der Waals surface area contributed by atoms with E-state index in [0.29, 0.717) is 36.1 Å². The lowest BCUT2D eigenvalue weighted by atomic mass is 10.2. The molecule has 1 aromatic carbocycles. The molecule has 1 N–H and O–H groups in total. The second-order valence-corrected chi connectivity index (χ2v) is 7.68. The predicted molar refractivity (Wildman–Crippen MR) is 110 cm³/mol. The Bertz CT molecular complexity index is 1160. The van der Waals surface area contributed by atoms with E-state index in [2.05, 4.69) is 14.3 Å². The van der Waals surface area contributed by atoms with E-state index < -0.39 is 11.2 Å². The van der Waals surface area contributed by atoms with Crippen LogP contribution in [0.5, 0.6) is 0 Å². The molecule has 0 spiro atoms. The molecule has 0 unspecified atom stereocenters. The van der Waals surface area contributed by atoms with E-state index in [1.807, 2.05) is 24.3 Å². The SMILES string of the molecule is CCn1c(=O)[nH]c2c(C(=O)N3CCN(c4cccc(Cl)c4)CC3)snc2c1=O. The minimum Gasteiger partial charge on any atom is -0.368 e. The molecule has 0 saturated carbocycles. The zero-order valence-electron chi connectivity index (χ0n) is 15.1. The van der Waals surface area contributed by atoms with Crippen LogP contribution in [0.25, 0.3) is 11.0 Å². The van der Waals surface area contributed by atoms with Gasteiger partial charge in [0.05, 0.1) is 5.52 Å². The van der Waals surface area contributed by atoms with Gasteiger partial charge in [-0.1, -0.05) is 17.7 Å². The summed E-state index contributed by atoms with van der Waals surface area (Å²) in [5, 5.41) is 0.675. The Labute approximate surface area is 169 Å². The maximum atomic E-state index is 13.0. The van der Waals surface area contributed by atoms with E-state index in [0.717, 1.165) is 21.8 Å². The van der Waals surface area contributed by atoms with Gasteiger partial charge in [0, 0.05) is 43.4 Å². The fourth-order valence-corrected chi connectivity index (χ4v) is 4.35. The Morgan fingerprint density at radius 1 is 1.25 bits per heavy atom. The lowest BCUT2D eigenvalue weighted by Gasteiger charge is -2.36. The van der Waals surface area contributed by atoms with E-state index in [-0.39, 0.29) is 23.5 Å². The summed E-state index contributed by atoms with van der Waals surface area (Å²) in [5.41, 5.74) is 0.383. The summed E-state index contributed by atoms with van der Waals surface area (Å²) < 4.78 is 5.19. The molecule has 0 aliphatic carbocycles. The first kappa shape index (κ1) is 18.7. The van der Waals surface area contributed by atoms with Gasteiger partial charge in [0.2, 0.25) is 0 Å². The second kappa shape index (κ2) is 7.40. The fourth-order valence-electron chi connectivity index (χ4n) is 3.36. The van der Waals surface area contributed by atoms with Crippen LogP contribution in [0.1, 0.15) is 16.6 Å². The van der Waals surface area contributed by atoms with Crippen LogP contribution in [0.15, 0.2) is 33.9 Å². The monoisotopic (exact) mass is 419 g/mol. The van der Waals surface area contributed by atoms with Crippen molar-refractivity contribution < 1.29 is 4.79 Å². The Kier molecular flexibility index (Phi) is 4.94. The van der Waals surface area contributed by atoms with Crippen LogP contribution in [0.3, 0.4) is 0 Å². The lowest BCUT2D eigenvalue weighted by Crippen LogP contribution is -2.48.